The van der Waals surface area contributed by atoms with Crippen molar-refractivity contribution >= 4 is 87.9 Å². The highest BCUT2D eigenvalue weighted by Crippen LogP contribution is 2.36. The Hall–Kier alpha value is -6.02. The first-order chi connectivity index (χ1) is 42.0. The smallest absolute Gasteiger partial charge is 0.407 e. The Morgan fingerprint density at radius 2 is 0.889 bits per heavy atom. The minimum atomic E-state index is -4.74. The van der Waals surface area contributed by atoms with Crippen LogP contribution in [-0.2, 0) is 94.7 Å². The number of alkyl carbamates (subject to hydrolysis) is 1. The minimum Gasteiger partial charge on any atom is -0.465 e. The molecule has 5 atom stereocenters. The van der Waals surface area contributed by atoms with Crippen molar-refractivity contribution in [3.63, 3.8) is 0 Å². The molecule has 7 N–H and O–H groups in total. The van der Waals surface area contributed by atoms with Crippen molar-refractivity contribution in [3.05, 3.63) is 48.6 Å². The van der Waals surface area contributed by atoms with Crippen molar-refractivity contribution in [3.8, 4) is 0 Å². The van der Waals surface area contributed by atoms with Crippen LogP contribution in [0.25, 0.3) is 0 Å². The molecule has 29 nitrogen and oxygen atoms in total. The van der Waals surface area contributed by atoms with E-state index in [2.05, 4.69) is 31.6 Å². The van der Waals surface area contributed by atoms with Crippen molar-refractivity contribution in [2.75, 3.05) is 71.2 Å². The fourth-order valence-electron chi connectivity index (χ4n) is 8.65. The lowest BCUT2D eigenvalue weighted by Crippen LogP contribution is -2.41. The van der Waals surface area contributed by atoms with Crippen LogP contribution >= 0.6 is 22.8 Å². The van der Waals surface area contributed by atoms with E-state index in [9.17, 15) is 61.6 Å². The number of hydrogen-bond donors (Lipinski definition) is 7. The van der Waals surface area contributed by atoms with Gasteiger partial charge in [-0.05, 0) is 72.1 Å². The Kier molecular flexibility index (Phi) is 39.8. The normalized spacial score (nSPS) is 15.7. The van der Waals surface area contributed by atoms with Gasteiger partial charge in [-0.25, -0.2) is 19.2 Å². The van der Waals surface area contributed by atoms with Crippen molar-refractivity contribution in [2.45, 2.75) is 161 Å². The molecule has 1 rings (SSSR count). The predicted molar refractivity (Wildman–Crippen MR) is 323 cm³/mol. The number of aliphatic imine (C=N–C) groups is 1. The van der Waals surface area contributed by atoms with Gasteiger partial charge in [-0.2, -0.15) is 0 Å². The molecule has 0 aromatic carbocycles. The number of rotatable bonds is 48. The molecule has 1 amide bonds. The molecule has 0 heterocycles. The standard InChI is InChI=1S/C58H91N2O27P3/c1-39(2)55(67)83-31-43(30-80-51(63)36-88(71,72)73)28-42(7)22-16-10-9-14-20-26-59-48-29-49(61)47(24-18-13-15-21-27-60-58(70)87-45(35-85-57(69)41(5)6)33-82-53(65)38-90(77,78)79)54(66)46(48)23-17-11-8-12-19-25-50(62)86-44(34-84-56(68)40(3)4)32-81-52(64)37-89(74,75)76/h43-47H,1,3,5,7-38H2,2,4,6H3,(H,60,70)(H2,71,72,73)(H2,74,75,76)(H2,77,78,79). The maximum atomic E-state index is 14.2. The molecule has 0 aromatic heterocycles. The number of nitrogens with zero attached hydrogens (tertiary/aromatic N) is 1. The summed E-state index contributed by atoms with van der Waals surface area (Å²) < 4.78 is 74.1. The van der Waals surface area contributed by atoms with Gasteiger partial charge in [0.1, 0.15) is 50.7 Å². The van der Waals surface area contributed by atoms with Crippen molar-refractivity contribution < 1.29 is 129 Å². The van der Waals surface area contributed by atoms with Crippen LogP contribution in [0.5, 0.6) is 0 Å². The van der Waals surface area contributed by atoms with Crippen LogP contribution in [0, 0.1) is 17.8 Å². The molecule has 0 aliphatic heterocycles. The first kappa shape index (κ1) is 82.0. The molecule has 1 saturated carbocycles. The third-order valence-electron chi connectivity index (χ3n) is 13.2. The summed E-state index contributed by atoms with van der Waals surface area (Å²) in [4.78, 5) is 184. The van der Waals surface area contributed by atoms with Gasteiger partial charge in [-0.15, -0.1) is 0 Å². The molecular formula is C58H91N2O27P3. The summed E-state index contributed by atoms with van der Waals surface area (Å²) in [6.07, 6.45) is 3.51. The molecule has 1 aliphatic carbocycles. The first-order valence-corrected chi connectivity index (χ1v) is 34.9. The maximum Gasteiger partial charge on any atom is 0.407 e. The zero-order valence-electron chi connectivity index (χ0n) is 51.7. The number of nitrogens with one attached hydrogen (secondary N) is 1. The molecule has 90 heavy (non-hydrogen) atoms. The number of carbonyl (C=O) groups is 10. The topological polar surface area (TPSA) is 442 Å². The average molecular weight is 1340 g/mol. The Morgan fingerprint density at radius 1 is 0.500 bits per heavy atom. The summed E-state index contributed by atoms with van der Waals surface area (Å²) in [6.45, 7) is 16.6. The van der Waals surface area contributed by atoms with E-state index in [1.165, 1.54) is 20.8 Å². The van der Waals surface area contributed by atoms with E-state index < -0.39 is 146 Å². The molecule has 0 spiro atoms. The third-order valence-corrected chi connectivity index (χ3v) is 15.2. The summed E-state index contributed by atoms with van der Waals surface area (Å²) in [7, 11) is -14.1. The Morgan fingerprint density at radius 3 is 1.38 bits per heavy atom. The number of allylic oxidation sites excluding steroid dienone is 1. The summed E-state index contributed by atoms with van der Waals surface area (Å²) in [6, 6.07) is 0. The Balaban J connectivity index is 2.93. The minimum absolute atomic E-state index is 0.0140. The van der Waals surface area contributed by atoms with Crippen LogP contribution in [0.15, 0.2) is 53.6 Å². The van der Waals surface area contributed by atoms with Crippen LogP contribution < -0.4 is 5.32 Å². The molecule has 1 fully saturated rings. The lowest BCUT2D eigenvalue weighted by Gasteiger charge is -2.29. The fraction of sp³-hybridized carbons (Fsp3) is 0.672. The van der Waals surface area contributed by atoms with Gasteiger partial charge in [0.15, 0.2) is 18.0 Å². The van der Waals surface area contributed by atoms with Crippen molar-refractivity contribution in [2.24, 2.45) is 22.7 Å². The van der Waals surface area contributed by atoms with Crippen LogP contribution in [0.3, 0.4) is 0 Å². The number of hydrogen-bond acceptors (Lipinski definition) is 22. The van der Waals surface area contributed by atoms with Crippen molar-refractivity contribution in [1.82, 2.24) is 5.32 Å². The number of Topliss-reactive ketones (excluding diaryl/α,β-unsaturated/α-hetero) is 2. The first-order valence-electron chi connectivity index (χ1n) is 29.5. The maximum absolute atomic E-state index is 14.2. The van der Waals surface area contributed by atoms with E-state index in [0.717, 1.165) is 31.3 Å². The van der Waals surface area contributed by atoms with Gasteiger partial charge in [0.2, 0.25) is 0 Å². The van der Waals surface area contributed by atoms with Gasteiger partial charge < -0.3 is 72.6 Å². The molecule has 0 aromatic rings. The van der Waals surface area contributed by atoms with Gasteiger partial charge in [0.25, 0.3) is 0 Å². The van der Waals surface area contributed by atoms with Gasteiger partial charge in [0.05, 0.1) is 25.0 Å². The van der Waals surface area contributed by atoms with Crippen LogP contribution in [0.4, 0.5) is 4.79 Å². The van der Waals surface area contributed by atoms with E-state index in [4.69, 9.17) is 72.2 Å². The quantitative estimate of drug-likeness (QED) is 0.00667. The monoisotopic (exact) mass is 1340 g/mol. The van der Waals surface area contributed by atoms with E-state index in [0.29, 0.717) is 102 Å². The zero-order valence-corrected chi connectivity index (χ0v) is 54.4. The molecule has 1 aliphatic rings. The summed E-state index contributed by atoms with van der Waals surface area (Å²) in [5.74, 6) is -8.96. The predicted octanol–water partition coefficient (Wildman–Crippen LogP) is 6.31. The number of esters is 7. The number of amides is 1. The van der Waals surface area contributed by atoms with E-state index >= 15 is 0 Å². The van der Waals surface area contributed by atoms with Gasteiger partial charge in [-0.1, -0.05) is 96.1 Å². The second-order valence-electron chi connectivity index (χ2n) is 22.1. The lowest BCUT2D eigenvalue weighted by atomic mass is 9.73. The van der Waals surface area contributed by atoms with Crippen molar-refractivity contribution in [1.29, 1.82) is 0 Å². The summed E-state index contributed by atoms with van der Waals surface area (Å²) in [5, 5.41) is 2.53. The number of carbonyl (C=O) groups excluding carboxylic acids is 10. The highest BCUT2D eigenvalue weighted by atomic mass is 31.2. The van der Waals surface area contributed by atoms with E-state index in [1.54, 1.807) is 0 Å². The highest BCUT2D eigenvalue weighted by molar-refractivity contribution is 7.53. The second kappa shape index (κ2) is 43.7. The van der Waals surface area contributed by atoms with Gasteiger partial charge >= 0.3 is 70.7 Å². The molecule has 32 heteroatoms. The largest absolute Gasteiger partial charge is 0.465 e. The number of ether oxygens (including phenoxy) is 8. The number of unbranched alkanes of at least 4 members (excludes halogenated alkanes) is 11. The van der Waals surface area contributed by atoms with Crippen LogP contribution in [0.1, 0.15) is 149 Å². The summed E-state index contributed by atoms with van der Waals surface area (Å²) in [5.41, 5.74) is 1.58. The Bertz CT molecular complexity index is 2650. The average Bonchev–Trinajstić information content (AvgIpc) is 0.955. The third kappa shape index (κ3) is 41.4. The zero-order chi connectivity index (χ0) is 68.0. The van der Waals surface area contributed by atoms with Crippen LogP contribution in [-0.4, -0.2) is 178 Å². The molecule has 0 bridgehead atoms. The van der Waals surface area contributed by atoms with Crippen LogP contribution in [0.2, 0.25) is 0 Å². The molecule has 0 saturated heterocycles. The number of ketones is 2. The van der Waals surface area contributed by atoms with Gasteiger partial charge in [0, 0.05) is 54.3 Å². The van der Waals surface area contributed by atoms with E-state index in [1.807, 2.05) is 0 Å². The van der Waals surface area contributed by atoms with E-state index in [-0.39, 0.29) is 60.9 Å². The molecule has 510 valence electrons. The Labute approximate surface area is 524 Å². The second-order valence-corrected chi connectivity index (χ2v) is 27.0. The lowest BCUT2D eigenvalue weighted by molar-refractivity contribution is -0.165. The molecule has 5 unspecified atom stereocenters. The molecule has 0 radical (unpaired) electrons. The SMILES string of the molecule is C=C(CCCCCCCN=C1CC(=O)C(CCCCCCNC(=O)OC(COC(=O)CP(=O)(O)O)COC(=O)C(=C)C)C(=O)C1CCCCCCCC(=O)OC(COC(=O)CP(=O)(O)O)COC(=O)C(=C)C)CC(COC(=O)CP(=O)(O)O)COC(=O)C(=C)C. The summed E-state index contributed by atoms with van der Waals surface area (Å²) >= 11 is 0. The fourth-order valence-corrected chi connectivity index (χ4v) is 9.93. The highest BCUT2D eigenvalue weighted by Gasteiger charge is 2.40. The van der Waals surface area contributed by atoms with Gasteiger partial charge in [-0.3, -0.25) is 47.5 Å². The molecular weight excluding hydrogens is 1250 g/mol.